The number of rotatable bonds is 3. The smallest absolute Gasteiger partial charge is 0.189 e. The lowest BCUT2D eigenvalue weighted by Gasteiger charge is -2.06. The van der Waals surface area contributed by atoms with Gasteiger partial charge in [0, 0.05) is 10.5 Å². The molecule has 0 aliphatic heterocycles. The molecule has 0 unspecified atom stereocenters. The van der Waals surface area contributed by atoms with Crippen LogP contribution in [0.2, 0.25) is 0 Å². The minimum atomic E-state index is -0.281. The molecule has 98 valence electrons. The Labute approximate surface area is 116 Å². The first kappa shape index (κ1) is 13.8. The highest BCUT2D eigenvalue weighted by Crippen LogP contribution is 2.29. The molecule has 0 radical (unpaired) electrons. The first-order valence-electron chi connectivity index (χ1n) is 6.13. The van der Waals surface area contributed by atoms with E-state index >= 15 is 0 Å². The van der Waals surface area contributed by atoms with Crippen molar-refractivity contribution in [2.24, 2.45) is 0 Å². The lowest BCUT2D eigenvalue weighted by atomic mass is 10.0. The van der Waals surface area contributed by atoms with Gasteiger partial charge in [-0.05, 0) is 35.9 Å². The molecule has 1 nitrogen and oxygen atoms in total. The zero-order valence-corrected chi connectivity index (χ0v) is 11.8. The van der Waals surface area contributed by atoms with E-state index in [1.165, 1.54) is 23.9 Å². The number of benzene rings is 1. The fourth-order valence-electron chi connectivity index (χ4n) is 2.03. The van der Waals surface area contributed by atoms with Gasteiger partial charge in [0.15, 0.2) is 5.43 Å². The summed E-state index contributed by atoms with van der Waals surface area (Å²) in [6.07, 6.45) is 2.57. The minimum Gasteiger partial charge on any atom is -0.289 e. The Balaban J connectivity index is 2.73. The standard InChI is InChI=1S/C16H15FOS/c1-3-11-6-4-5-7-14(16(11)18)13-9-8-12(17)10-15(13)19-2/h4-10H,3H2,1-2H3. The molecule has 19 heavy (non-hydrogen) atoms. The predicted octanol–water partition coefficient (Wildman–Crippen LogP) is 4.14. The zero-order valence-electron chi connectivity index (χ0n) is 10.9. The molecular weight excluding hydrogens is 259 g/mol. The van der Waals surface area contributed by atoms with Crippen LogP contribution in [0, 0.1) is 5.82 Å². The lowest BCUT2D eigenvalue weighted by molar-refractivity contribution is 0.624. The second-order valence-corrected chi connectivity index (χ2v) is 5.03. The van der Waals surface area contributed by atoms with Crippen LogP contribution in [0.3, 0.4) is 0 Å². The Bertz CT molecular complexity index is 652. The molecule has 0 N–H and O–H groups in total. The van der Waals surface area contributed by atoms with Crippen molar-refractivity contribution in [3.63, 3.8) is 0 Å². The van der Waals surface area contributed by atoms with Crippen LogP contribution in [0.5, 0.6) is 0 Å². The van der Waals surface area contributed by atoms with Crippen LogP contribution in [0.1, 0.15) is 12.5 Å². The quantitative estimate of drug-likeness (QED) is 0.783. The normalized spacial score (nSPS) is 10.5. The Morgan fingerprint density at radius 2 is 1.84 bits per heavy atom. The fraction of sp³-hybridized carbons (Fsp3) is 0.188. The fourth-order valence-corrected chi connectivity index (χ4v) is 2.65. The third-order valence-corrected chi connectivity index (χ3v) is 3.82. The Kier molecular flexibility index (Phi) is 4.38. The van der Waals surface area contributed by atoms with Gasteiger partial charge in [0.1, 0.15) is 5.82 Å². The average Bonchev–Trinajstić information content (AvgIpc) is 2.60. The van der Waals surface area contributed by atoms with Crippen LogP contribution < -0.4 is 5.43 Å². The van der Waals surface area contributed by atoms with E-state index in [-0.39, 0.29) is 11.2 Å². The van der Waals surface area contributed by atoms with Crippen molar-refractivity contribution in [3.05, 3.63) is 64.1 Å². The van der Waals surface area contributed by atoms with Crippen molar-refractivity contribution < 1.29 is 4.39 Å². The molecule has 2 aromatic rings. The van der Waals surface area contributed by atoms with Gasteiger partial charge < -0.3 is 0 Å². The average molecular weight is 274 g/mol. The van der Waals surface area contributed by atoms with Crippen LogP contribution in [-0.2, 0) is 6.42 Å². The second kappa shape index (κ2) is 6.02. The summed E-state index contributed by atoms with van der Waals surface area (Å²) >= 11 is 1.44. The van der Waals surface area contributed by atoms with Gasteiger partial charge in [-0.1, -0.05) is 37.3 Å². The lowest BCUT2D eigenvalue weighted by Crippen LogP contribution is -2.07. The molecule has 3 heteroatoms. The van der Waals surface area contributed by atoms with Gasteiger partial charge in [-0.3, -0.25) is 4.79 Å². The summed E-state index contributed by atoms with van der Waals surface area (Å²) in [6, 6.07) is 11.9. The minimum absolute atomic E-state index is 0.0226. The van der Waals surface area contributed by atoms with Gasteiger partial charge in [-0.25, -0.2) is 4.39 Å². The second-order valence-electron chi connectivity index (χ2n) is 4.18. The van der Waals surface area contributed by atoms with Gasteiger partial charge in [-0.15, -0.1) is 11.8 Å². The first-order valence-corrected chi connectivity index (χ1v) is 7.36. The monoisotopic (exact) mass is 274 g/mol. The van der Waals surface area contributed by atoms with Gasteiger partial charge in [-0.2, -0.15) is 0 Å². The van der Waals surface area contributed by atoms with Crippen LogP contribution in [-0.4, -0.2) is 6.26 Å². The molecule has 0 bridgehead atoms. The van der Waals surface area contributed by atoms with E-state index < -0.39 is 0 Å². The van der Waals surface area contributed by atoms with Gasteiger partial charge in [0.25, 0.3) is 0 Å². The van der Waals surface area contributed by atoms with Crippen LogP contribution in [0.25, 0.3) is 11.1 Å². The zero-order chi connectivity index (χ0) is 13.8. The summed E-state index contributed by atoms with van der Waals surface area (Å²) in [7, 11) is 0. The van der Waals surface area contributed by atoms with E-state index in [1.807, 2.05) is 31.4 Å². The maximum Gasteiger partial charge on any atom is 0.189 e. The number of hydrogen-bond donors (Lipinski definition) is 0. The van der Waals surface area contributed by atoms with Crippen molar-refractivity contribution in [1.82, 2.24) is 0 Å². The SMILES string of the molecule is CCc1ccccc(-c2ccc(F)cc2SC)c1=O. The van der Waals surface area contributed by atoms with E-state index in [2.05, 4.69) is 0 Å². The van der Waals surface area contributed by atoms with Crippen molar-refractivity contribution in [2.75, 3.05) is 6.26 Å². The molecular formula is C16H15FOS. The third kappa shape index (κ3) is 2.87. The maximum atomic E-state index is 13.3. The number of halogens is 1. The number of aryl methyl sites for hydroxylation is 1. The molecule has 0 aliphatic rings. The molecule has 0 fully saturated rings. The molecule has 0 aliphatic carbocycles. The highest BCUT2D eigenvalue weighted by molar-refractivity contribution is 7.98. The Hall–Kier alpha value is -1.61. The summed E-state index contributed by atoms with van der Waals surface area (Å²) in [4.78, 5) is 13.2. The van der Waals surface area contributed by atoms with Crippen molar-refractivity contribution >= 4 is 11.8 Å². The van der Waals surface area contributed by atoms with Gasteiger partial charge >= 0.3 is 0 Å². The number of thioether (sulfide) groups is 1. The molecule has 0 heterocycles. The van der Waals surface area contributed by atoms with E-state index in [0.29, 0.717) is 12.0 Å². The van der Waals surface area contributed by atoms with Gasteiger partial charge in [0.05, 0.1) is 0 Å². The van der Waals surface area contributed by atoms with E-state index in [0.717, 1.165) is 16.0 Å². The highest BCUT2D eigenvalue weighted by atomic mass is 32.2. The first-order chi connectivity index (χ1) is 9.17. The topological polar surface area (TPSA) is 17.1 Å². The molecule has 0 saturated carbocycles. The number of hydrogen-bond acceptors (Lipinski definition) is 2. The largest absolute Gasteiger partial charge is 0.289 e. The summed E-state index contributed by atoms with van der Waals surface area (Å²) in [5.74, 6) is -0.281. The molecule has 0 atom stereocenters. The third-order valence-electron chi connectivity index (χ3n) is 3.04. The van der Waals surface area contributed by atoms with E-state index in [9.17, 15) is 9.18 Å². The molecule has 0 amide bonds. The Morgan fingerprint density at radius 1 is 1.11 bits per heavy atom. The predicted molar refractivity (Wildman–Crippen MR) is 79.3 cm³/mol. The highest BCUT2D eigenvalue weighted by Gasteiger charge is 2.10. The van der Waals surface area contributed by atoms with Crippen LogP contribution in [0.15, 0.2) is 52.2 Å². The van der Waals surface area contributed by atoms with Crippen LogP contribution >= 0.6 is 11.8 Å². The van der Waals surface area contributed by atoms with E-state index in [4.69, 9.17) is 0 Å². The van der Waals surface area contributed by atoms with Crippen molar-refractivity contribution in [3.8, 4) is 11.1 Å². The van der Waals surface area contributed by atoms with Gasteiger partial charge in [0.2, 0.25) is 0 Å². The molecule has 2 aromatic carbocycles. The Morgan fingerprint density at radius 3 is 2.53 bits per heavy atom. The molecule has 2 rings (SSSR count). The molecule has 0 saturated heterocycles. The summed E-state index contributed by atoms with van der Waals surface area (Å²) < 4.78 is 13.3. The van der Waals surface area contributed by atoms with Crippen molar-refractivity contribution in [1.29, 1.82) is 0 Å². The maximum absolute atomic E-state index is 13.3. The summed E-state index contributed by atoms with van der Waals surface area (Å²) in [6.45, 7) is 1.96. The van der Waals surface area contributed by atoms with Crippen LogP contribution in [0.4, 0.5) is 4.39 Å². The molecule has 0 aromatic heterocycles. The summed E-state index contributed by atoms with van der Waals surface area (Å²) in [5, 5.41) is 0. The van der Waals surface area contributed by atoms with Crippen molar-refractivity contribution in [2.45, 2.75) is 18.2 Å². The van der Waals surface area contributed by atoms with E-state index in [1.54, 1.807) is 12.1 Å². The molecule has 0 spiro atoms. The summed E-state index contributed by atoms with van der Waals surface area (Å²) in [5.41, 5.74) is 2.22.